The van der Waals surface area contributed by atoms with Crippen LogP contribution in [0.1, 0.15) is 5.56 Å². The van der Waals surface area contributed by atoms with Crippen molar-refractivity contribution in [3.05, 3.63) is 42.8 Å². The predicted molar refractivity (Wildman–Crippen MR) is 42.7 cm³/mol. The normalized spacial score (nSPS) is 9.23. The van der Waals surface area contributed by atoms with E-state index in [9.17, 15) is 13.2 Å². The van der Waals surface area contributed by atoms with Crippen LogP contribution < -0.4 is 5.11 Å². The second-order valence-electron chi connectivity index (χ2n) is 1.93. The molecule has 0 spiro atoms. The van der Waals surface area contributed by atoms with Gasteiger partial charge in [0.05, 0.1) is 0 Å². The molecular weight excluding hydrogens is 193 g/mol. The summed E-state index contributed by atoms with van der Waals surface area (Å²) < 4.78 is 29.4. The SMILES string of the molecule is [CH2-]c1ccccc1.[Mg+2].[O-]C(F)(F)F. The van der Waals surface area contributed by atoms with Gasteiger partial charge in [-0.3, -0.25) is 0 Å². The summed E-state index contributed by atoms with van der Waals surface area (Å²) in [4.78, 5) is 0. The number of benzene rings is 1. The van der Waals surface area contributed by atoms with E-state index in [1.54, 1.807) is 0 Å². The van der Waals surface area contributed by atoms with Crippen molar-refractivity contribution in [3.8, 4) is 0 Å². The number of hydrogen-bond acceptors (Lipinski definition) is 1. The zero-order chi connectivity index (χ0) is 9.61. The summed E-state index contributed by atoms with van der Waals surface area (Å²) in [6.45, 7) is 3.72. The Balaban J connectivity index is 0. The van der Waals surface area contributed by atoms with Crippen LogP contribution in [-0.2, 0) is 0 Å². The van der Waals surface area contributed by atoms with E-state index in [1.807, 2.05) is 30.3 Å². The van der Waals surface area contributed by atoms with Crippen LogP contribution in [-0.4, -0.2) is 29.4 Å². The molecule has 0 unspecified atom stereocenters. The van der Waals surface area contributed by atoms with E-state index in [-0.39, 0.29) is 23.1 Å². The van der Waals surface area contributed by atoms with Crippen molar-refractivity contribution in [1.82, 2.24) is 0 Å². The monoisotopic (exact) mass is 200 g/mol. The van der Waals surface area contributed by atoms with Gasteiger partial charge in [0.15, 0.2) is 0 Å². The van der Waals surface area contributed by atoms with Gasteiger partial charge < -0.3 is 5.11 Å². The van der Waals surface area contributed by atoms with Gasteiger partial charge in [-0.2, -0.15) is 37.8 Å². The summed E-state index contributed by atoms with van der Waals surface area (Å²) >= 11 is 0. The summed E-state index contributed by atoms with van der Waals surface area (Å²) in [6.07, 6.45) is -5.25. The molecule has 0 aliphatic heterocycles. The first-order valence-corrected chi connectivity index (χ1v) is 3.04. The van der Waals surface area contributed by atoms with Crippen molar-refractivity contribution in [1.29, 1.82) is 0 Å². The minimum Gasteiger partial charge on any atom is -0.771 e. The van der Waals surface area contributed by atoms with Gasteiger partial charge in [0.2, 0.25) is 0 Å². The van der Waals surface area contributed by atoms with E-state index in [1.165, 1.54) is 0 Å². The second kappa shape index (κ2) is 7.05. The summed E-state index contributed by atoms with van der Waals surface area (Å²) in [5, 5.41) is 8.10. The molecule has 0 atom stereocenters. The Labute approximate surface area is 90.7 Å². The van der Waals surface area contributed by atoms with E-state index >= 15 is 0 Å². The van der Waals surface area contributed by atoms with Gasteiger partial charge >= 0.3 is 29.4 Å². The smallest absolute Gasteiger partial charge is 0.771 e. The zero-order valence-corrected chi connectivity index (χ0v) is 8.26. The van der Waals surface area contributed by atoms with Gasteiger partial charge in [-0.25, -0.2) is 0 Å². The van der Waals surface area contributed by atoms with Crippen molar-refractivity contribution in [3.63, 3.8) is 0 Å². The van der Waals surface area contributed by atoms with Crippen molar-refractivity contribution < 1.29 is 18.3 Å². The molecule has 0 fully saturated rings. The van der Waals surface area contributed by atoms with Gasteiger partial charge in [0.25, 0.3) is 0 Å². The maximum absolute atomic E-state index is 9.80. The van der Waals surface area contributed by atoms with Crippen LogP contribution in [0.3, 0.4) is 0 Å². The van der Waals surface area contributed by atoms with Crippen molar-refractivity contribution in [2.24, 2.45) is 0 Å². The molecular formula is C8H7F3MgO. The molecule has 1 aromatic carbocycles. The van der Waals surface area contributed by atoms with Gasteiger partial charge in [0.1, 0.15) is 0 Å². The molecule has 0 heterocycles. The standard InChI is InChI=1S/C7H7.CF3O.Mg/c1-7-5-3-2-4-6-7;2-1(3,4)5;/h2-6H,1H2;;/q2*-1;+2. The number of alkyl halides is 3. The van der Waals surface area contributed by atoms with E-state index in [0.717, 1.165) is 5.56 Å². The Hall–Kier alpha value is -0.394. The fraction of sp³-hybridized carbons (Fsp3) is 0.125. The maximum Gasteiger partial charge on any atom is 2.00 e. The zero-order valence-electron chi connectivity index (χ0n) is 6.84. The summed E-state index contributed by atoms with van der Waals surface area (Å²) in [7, 11) is 0. The van der Waals surface area contributed by atoms with E-state index in [4.69, 9.17) is 5.11 Å². The van der Waals surface area contributed by atoms with E-state index < -0.39 is 6.36 Å². The largest absolute Gasteiger partial charge is 2.00 e. The molecule has 13 heavy (non-hydrogen) atoms. The van der Waals surface area contributed by atoms with Gasteiger partial charge in [-0.05, 0) is 0 Å². The number of hydrogen-bond donors (Lipinski definition) is 0. The van der Waals surface area contributed by atoms with E-state index in [2.05, 4.69) is 6.92 Å². The molecule has 0 aliphatic rings. The third-order valence-electron chi connectivity index (χ3n) is 0.843. The van der Waals surface area contributed by atoms with Crippen LogP contribution in [0, 0.1) is 6.92 Å². The summed E-state index contributed by atoms with van der Waals surface area (Å²) in [5.74, 6) is 0. The predicted octanol–water partition coefficient (Wildman–Crippen LogP) is 1.35. The Morgan fingerprint density at radius 2 is 1.38 bits per heavy atom. The molecule has 0 N–H and O–H groups in total. The Bertz CT molecular complexity index is 204. The van der Waals surface area contributed by atoms with Gasteiger partial charge in [-0.1, -0.05) is 6.07 Å². The second-order valence-corrected chi connectivity index (χ2v) is 1.93. The molecule has 1 nitrogen and oxygen atoms in total. The molecule has 0 aliphatic carbocycles. The fourth-order valence-corrected chi connectivity index (χ4v) is 0.478. The molecule has 1 aromatic rings. The average molecular weight is 200 g/mol. The Kier molecular flexibility index (Phi) is 8.19. The van der Waals surface area contributed by atoms with Crippen LogP contribution in [0.15, 0.2) is 30.3 Å². The minimum atomic E-state index is -5.25. The molecule has 0 bridgehead atoms. The molecule has 68 valence electrons. The quantitative estimate of drug-likeness (QED) is 0.458. The molecule has 0 amide bonds. The van der Waals surface area contributed by atoms with Crippen LogP contribution in [0.25, 0.3) is 0 Å². The Morgan fingerprint density at radius 3 is 1.54 bits per heavy atom. The number of rotatable bonds is 0. The summed E-state index contributed by atoms with van der Waals surface area (Å²) in [6, 6.07) is 9.87. The first kappa shape index (κ1) is 15.1. The van der Waals surface area contributed by atoms with Crippen molar-refractivity contribution in [2.75, 3.05) is 0 Å². The third kappa shape index (κ3) is 18.5. The van der Waals surface area contributed by atoms with Crippen molar-refractivity contribution in [2.45, 2.75) is 6.36 Å². The Morgan fingerprint density at radius 1 is 1.08 bits per heavy atom. The first-order chi connectivity index (χ1) is 5.39. The average Bonchev–Trinajstić information content (AvgIpc) is 1.85. The van der Waals surface area contributed by atoms with Crippen molar-refractivity contribution >= 4 is 23.1 Å². The minimum absolute atomic E-state index is 0. The molecule has 0 aromatic heterocycles. The van der Waals surface area contributed by atoms with Crippen LogP contribution >= 0.6 is 0 Å². The summed E-state index contributed by atoms with van der Waals surface area (Å²) in [5.41, 5.74) is 1.07. The topological polar surface area (TPSA) is 23.1 Å². The van der Waals surface area contributed by atoms with Crippen LogP contribution in [0.2, 0.25) is 0 Å². The molecule has 0 saturated carbocycles. The third-order valence-corrected chi connectivity index (χ3v) is 0.843. The maximum atomic E-state index is 9.80. The fourth-order valence-electron chi connectivity index (χ4n) is 0.478. The molecule has 1 rings (SSSR count). The van der Waals surface area contributed by atoms with Gasteiger partial charge in [-0.15, -0.1) is 12.1 Å². The number of halogens is 3. The van der Waals surface area contributed by atoms with Gasteiger partial charge in [0, 0.05) is 0 Å². The molecule has 5 heteroatoms. The molecule has 0 saturated heterocycles. The van der Waals surface area contributed by atoms with Crippen LogP contribution in [0.4, 0.5) is 13.2 Å². The van der Waals surface area contributed by atoms with E-state index in [0.29, 0.717) is 0 Å². The molecule has 0 radical (unpaired) electrons. The van der Waals surface area contributed by atoms with Crippen LogP contribution in [0.5, 0.6) is 0 Å². The first-order valence-electron chi connectivity index (χ1n) is 3.04.